The molecule has 0 spiro atoms. The van der Waals surface area contributed by atoms with E-state index in [0.29, 0.717) is 18.6 Å². The molecule has 198 valence electrons. The minimum absolute atomic E-state index is 0.0149. The van der Waals surface area contributed by atoms with Crippen LogP contribution >= 0.6 is 0 Å². The van der Waals surface area contributed by atoms with Crippen LogP contribution in [0.1, 0.15) is 56.3 Å². The summed E-state index contributed by atoms with van der Waals surface area (Å²) in [5.74, 6) is -2.08. The molecule has 4 amide bonds. The number of Topliss-reactive ketones (excluding diaryl/α,β-unsaturated/α-hetero) is 1. The molecule has 0 aliphatic carbocycles. The first-order valence-corrected chi connectivity index (χ1v) is 12.3. The molecule has 1 aromatic carbocycles. The number of hydrogen-bond acceptors (Lipinski definition) is 6. The summed E-state index contributed by atoms with van der Waals surface area (Å²) in [6, 6.07) is 3.41. The predicted molar refractivity (Wildman–Crippen MR) is 131 cm³/mol. The zero-order chi connectivity index (χ0) is 27.1. The number of methoxy groups -OCH3 is 1. The first-order chi connectivity index (χ1) is 17.7. The fourth-order valence-electron chi connectivity index (χ4n) is 4.54. The maximum absolute atomic E-state index is 13.6. The molecule has 2 aliphatic heterocycles. The van der Waals surface area contributed by atoms with Gasteiger partial charge in [0.15, 0.2) is 0 Å². The van der Waals surface area contributed by atoms with Crippen molar-refractivity contribution in [3.63, 3.8) is 0 Å². The predicted octanol–water partition coefficient (Wildman–Crippen LogP) is 0.723. The molecule has 0 radical (unpaired) electrons. The van der Waals surface area contributed by atoms with E-state index in [2.05, 4.69) is 15.4 Å². The third-order valence-corrected chi connectivity index (χ3v) is 6.35. The van der Waals surface area contributed by atoms with Crippen molar-refractivity contribution in [3.8, 4) is 5.75 Å². The van der Waals surface area contributed by atoms with Crippen LogP contribution in [0.2, 0.25) is 0 Å². The number of fused-ring (bicyclic) bond motifs is 1. The van der Waals surface area contributed by atoms with Crippen LogP contribution in [0.15, 0.2) is 24.3 Å². The summed E-state index contributed by atoms with van der Waals surface area (Å²) in [5, 5.41) is 7.75. The van der Waals surface area contributed by atoms with Crippen molar-refractivity contribution >= 4 is 35.6 Å². The lowest BCUT2D eigenvalue weighted by Crippen LogP contribution is -2.64. The maximum Gasteiger partial charge on any atom is 0.325 e. The summed E-state index contributed by atoms with van der Waals surface area (Å²) in [6.45, 7) is 4.01. The van der Waals surface area contributed by atoms with E-state index in [0.717, 1.165) is 11.2 Å². The number of rotatable bonds is 9. The minimum Gasteiger partial charge on any atom is -0.497 e. The van der Waals surface area contributed by atoms with Crippen molar-refractivity contribution in [1.82, 2.24) is 20.7 Å². The van der Waals surface area contributed by atoms with Gasteiger partial charge in [-0.3, -0.25) is 29.0 Å². The van der Waals surface area contributed by atoms with Crippen LogP contribution < -0.4 is 15.4 Å². The summed E-state index contributed by atoms with van der Waals surface area (Å²) in [6.07, 6.45) is 1.87. The van der Waals surface area contributed by atoms with Gasteiger partial charge in [-0.05, 0) is 49.8 Å². The summed E-state index contributed by atoms with van der Waals surface area (Å²) >= 11 is 0. The monoisotopic (exact) mass is 512 g/mol. The fourth-order valence-corrected chi connectivity index (χ4v) is 4.54. The van der Waals surface area contributed by atoms with E-state index >= 15 is 0 Å². The van der Waals surface area contributed by atoms with Crippen molar-refractivity contribution in [3.05, 3.63) is 35.4 Å². The van der Waals surface area contributed by atoms with Crippen molar-refractivity contribution in [2.75, 3.05) is 13.7 Å². The second kappa shape index (κ2) is 12.3. The van der Waals surface area contributed by atoms with Crippen LogP contribution in [0.4, 0.5) is 0 Å². The zero-order valence-corrected chi connectivity index (χ0v) is 21.2. The number of ketones is 1. The largest absolute Gasteiger partial charge is 0.497 e. The van der Waals surface area contributed by atoms with Gasteiger partial charge in [0.1, 0.15) is 17.8 Å². The Morgan fingerprint density at radius 2 is 2.00 bits per heavy atom. The molecular formula is C25H32N6O6. The summed E-state index contributed by atoms with van der Waals surface area (Å²) in [4.78, 5) is 67.9. The number of carbonyl (C=O) groups is 5. The van der Waals surface area contributed by atoms with E-state index in [1.807, 2.05) is 13.8 Å². The molecule has 37 heavy (non-hydrogen) atoms. The number of nitrogens with zero attached hydrogens (tertiary/aromatic N) is 4. The van der Waals surface area contributed by atoms with Crippen LogP contribution in [0.3, 0.4) is 0 Å². The van der Waals surface area contributed by atoms with Crippen molar-refractivity contribution < 1.29 is 33.5 Å². The van der Waals surface area contributed by atoms with Crippen LogP contribution in [0.25, 0.3) is 5.53 Å². The number of nitrogens with one attached hydrogen (secondary N) is 2. The van der Waals surface area contributed by atoms with E-state index in [1.54, 1.807) is 18.2 Å². The average Bonchev–Trinajstić information content (AvgIpc) is 3.00. The second-order valence-electron chi connectivity index (χ2n) is 9.49. The van der Waals surface area contributed by atoms with E-state index in [9.17, 15) is 24.0 Å². The van der Waals surface area contributed by atoms with Crippen LogP contribution in [-0.2, 0) is 19.2 Å². The Morgan fingerprint density at radius 1 is 1.24 bits per heavy atom. The molecular weight excluding hydrogens is 480 g/mol. The lowest BCUT2D eigenvalue weighted by molar-refractivity contribution is -0.176. The smallest absolute Gasteiger partial charge is 0.325 e. The highest BCUT2D eigenvalue weighted by Crippen LogP contribution is 2.25. The van der Waals surface area contributed by atoms with Gasteiger partial charge < -0.3 is 20.9 Å². The Hall–Kier alpha value is -4.05. The van der Waals surface area contributed by atoms with E-state index in [-0.39, 0.29) is 43.2 Å². The first kappa shape index (κ1) is 27.5. The Labute approximate surface area is 214 Å². The Balaban J connectivity index is 1.83. The van der Waals surface area contributed by atoms with Crippen molar-refractivity contribution in [2.45, 2.75) is 64.1 Å². The molecule has 0 saturated carbocycles. The minimum atomic E-state index is -1.05. The average molecular weight is 513 g/mol. The Morgan fingerprint density at radius 3 is 2.68 bits per heavy atom. The molecule has 2 fully saturated rings. The Bertz CT molecular complexity index is 1110. The quantitative estimate of drug-likeness (QED) is 0.281. The van der Waals surface area contributed by atoms with E-state index in [1.165, 1.54) is 18.2 Å². The molecule has 1 aromatic rings. The number of ether oxygens (including phenoxy) is 1. The maximum atomic E-state index is 13.6. The molecule has 2 heterocycles. The van der Waals surface area contributed by atoms with E-state index in [4.69, 9.17) is 10.3 Å². The molecule has 12 nitrogen and oxygen atoms in total. The zero-order valence-electron chi connectivity index (χ0n) is 21.2. The first-order valence-electron chi connectivity index (χ1n) is 12.3. The number of amides is 4. The number of benzene rings is 1. The molecule has 0 bridgehead atoms. The van der Waals surface area contributed by atoms with Crippen molar-refractivity contribution in [2.24, 2.45) is 5.92 Å². The lowest BCUT2D eigenvalue weighted by atomic mass is 9.99. The highest BCUT2D eigenvalue weighted by molar-refractivity contribution is 6.28. The van der Waals surface area contributed by atoms with Gasteiger partial charge in [-0.15, -0.1) is 0 Å². The van der Waals surface area contributed by atoms with Gasteiger partial charge in [0.05, 0.1) is 13.2 Å². The summed E-state index contributed by atoms with van der Waals surface area (Å²) in [7, 11) is 1.48. The van der Waals surface area contributed by atoms with Gasteiger partial charge in [-0.25, -0.2) is 5.01 Å². The highest BCUT2D eigenvalue weighted by Gasteiger charge is 2.45. The van der Waals surface area contributed by atoms with Crippen molar-refractivity contribution in [1.29, 1.82) is 0 Å². The molecule has 2 N–H and O–H groups in total. The number of hydrazine groups is 1. The molecule has 3 atom stereocenters. The SMILES string of the molecule is COc1cccc(C(=O)NC2CCC(=O)N3CCC[C@@H](C(=O)N[C@@H](CC(C)C)C(=O)C=[N+]=[N-])N3C2=O)c1. The van der Waals surface area contributed by atoms with Gasteiger partial charge in [0.25, 0.3) is 17.6 Å². The van der Waals surface area contributed by atoms with E-state index < -0.39 is 41.6 Å². The van der Waals surface area contributed by atoms with Crippen LogP contribution in [0.5, 0.6) is 5.75 Å². The molecule has 12 heteroatoms. The van der Waals surface area contributed by atoms with Crippen LogP contribution in [0, 0.1) is 5.92 Å². The topological polar surface area (TPSA) is 162 Å². The third-order valence-electron chi connectivity index (χ3n) is 6.35. The normalized spacial score (nSPS) is 20.3. The number of hydrogen-bond donors (Lipinski definition) is 2. The lowest BCUT2D eigenvalue weighted by Gasteiger charge is -2.43. The molecule has 1 unspecified atom stereocenters. The summed E-state index contributed by atoms with van der Waals surface area (Å²) in [5.41, 5.74) is 9.05. The van der Waals surface area contributed by atoms with Crippen LogP contribution in [-0.4, -0.2) is 82.2 Å². The molecule has 2 saturated heterocycles. The van der Waals surface area contributed by atoms with Gasteiger partial charge in [0.2, 0.25) is 11.8 Å². The van der Waals surface area contributed by atoms with Gasteiger partial charge in [-0.1, -0.05) is 19.9 Å². The fraction of sp³-hybridized carbons (Fsp3) is 0.520. The Kier molecular flexibility index (Phi) is 9.13. The van der Waals surface area contributed by atoms with Gasteiger partial charge in [0, 0.05) is 18.5 Å². The van der Waals surface area contributed by atoms with Gasteiger partial charge in [-0.2, -0.15) is 4.79 Å². The third kappa shape index (κ3) is 6.59. The second-order valence-corrected chi connectivity index (χ2v) is 9.49. The van der Waals surface area contributed by atoms with Gasteiger partial charge >= 0.3 is 6.21 Å². The summed E-state index contributed by atoms with van der Waals surface area (Å²) < 4.78 is 5.15. The molecule has 3 rings (SSSR count). The molecule has 0 aromatic heterocycles. The number of carbonyl (C=O) groups excluding carboxylic acids is 5. The standard InChI is InChI=1S/C25H32N6O6/c1-15(2)12-19(21(32)14-27-26)29-24(35)20-8-5-11-30-22(33)10-9-18(25(36)31(20)30)28-23(34)16-6-4-7-17(13-16)37-3/h4,6-7,13-15,18-20H,5,8-12H2,1-3H3,(H,28,34)(H,29,35)/t18?,19-,20-/m0/s1. The molecule has 2 aliphatic rings. The highest BCUT2D eigenvalue weighted by atomic mass is 16.5.